The summed E-state index contributed by atoms with van der Waals surface area (Å²) in [5.41, 5.74) is 1.42. The second-order valence-electron chi connectivity index (χ2n) is 4.86. The van der Waals surface area contributed by atoms with Gasteiger partial charge in [-0.25, -0.2) is 4.98 Å². The molecular weight excluding hydrogens is 248 g/mol. The van der Waals surface area contributed by atoms with Crippen molar-refractivity contribution in [2.75, 3.05) is 11.4 Å². The molecule has 0 saturated carbocycles. The summed E-state index contributed by atoms with van der Waals surface area (Å²) in [4.78, 5) is 6.62. The fraction of sp³-hybridized carbons (Fsp3) is 0.312. The predicted octanol–water partition coefficient (Wildman–Crippen LogP) is 3.23. The van der Waals surface area contributed by atoms with Gasteiger partial charge in [-0.15, -0.1) is 0 Å². The SMILES string of the molecule is CC(C)N(CCC#N)c1nc2ccccc2cc1C#N. The van der Waals surface area contributed by atoms with Crippen molar-refractivity contribution in [3.8, 4) is 12.1 Å². The summed E-state index contributed by atoms with van der Waals surface area (Å²) >= 11 is 0. The topological polar surface area (TPSA) is 63.7 Å². The van der Waals surface area contributed by atoms with Crippen molar-refractivity contribution in [3.05, 3.63) is 35.9 Å². The van der Waals surface area contributed by atoms with Crippen molar-refractivity contribution in [2.24, 2.45) is 0 Å². The highest BCUT2D eigenvalue weighted by molar-refractivity contribution is 5.83. The average Bonchev–Trinajstić information content (AvgIpc) is 2.46. The van der Waals surface area contributed by atoms with E-state index in [4.69, 9.17) is 5.26 Å². The second kappa shape index (κ2) is 6.04. The third-order valence-corrected chi connectivity index (χ3v) is 3.18. The lowest BCUT2D eigenvalue weighted by atomic mass is 10.1. The quantitative estimate of drug-likeness (QED) is 0.850. The Hall–Kier alpha value is -2.59. The van der Waals surface area contributed by atoms with Gasteiger partial charge < -0.3 is 4.90 Å². The highest BCUT2D eigenvalue weighted by atomic mass is 15.2. The molecule has 0 amide bonds. The van der Waals surface area contributed by atoms with Crippen LogP contribution in [0, 0.1) is 22.7 Å². The molecule has 0 saturated heterocycles. The van der Waals surface area contributed by atoms with Gasteiger partial charge in [0.15, 0.2) is 0 Å². The minimum absolute atomic E-state index is 0.184. The molecule has 4 heteroatoms. The summed E-state index contributed by atoms with van der Waals surface area (Å²) in [5.74, 6) is 0.663. The number of para-hydroxylation sites is 1. The largest absolute Gasteiger partial charge is 0.352 e. The standard InChI is InChI=1S/C16H16N4/c1-12(2)20(9-5-8-17)16-14(11-18)10-13-6-3-4-7-15(13)19-16/h3-4,6-7,10,12H,5,9H2,1-2H3. The number of hydrogen-bond acceptors (Lipinski definition) is 4. The Kier molecular flexibility index (Phi) is 4.17. The number of nitriles is 2. The molecule has 1 heterocycles. The van der Waals surface area contributed by atoms with Gasteiger partial charge in [0, 0.05) is 18.0 Å². The molecule has 0 unspecified atom stereocenters. The Morgan fingerprint density at radius 2 is 2.00 bits per heavy atom. The van der Waals surface area contributed by atoms with E-state index in [-0.39, 0.29) is 6.04 Å². The maximum atomic E-state index is 9.35. The van der Waals surface area contributed by atoms with Crippen LogP contribution < -0.4 is 4.90 Å². The summed E-state index contributed by atoms with van der Waals surface area (Å²) in [6, 6.07) is 14.1. The zero-order valence-corrected chi connectivity index (χ0v) is 11.7. The third kappa shape index (κ3) is 2.70. The van der Waals surface area contributed by atoms with E-state index in [1.807, 2.05) is 49.1 Å². The number of benzene rings is 1. The second-order valence-corrected chi connectivity index (χ2v) is 4.86. The molecule has 2 aromatic rings. The first kappa shape index (κ1) is 13.8. The van der Waals surface area contributed by atoms with Crippen molar-refractivity contribution < 1.29 is 0 Å². The number of fused-ring (bicyclic) bond motifs is 1. The van der Waals surface area contributed by atoms with E-state index < -0.39 is 0 Å². The molecule has 20 heavy (non-hydrogen) atoms. The fourth-order valence-electron chi connectivity index (χ4n) is 2.19. The molecule has 0 aliphatic heterocycles. The number of hydrogen-bond donors (Lipinski definition) is 0. The number of nitrogens with zero attached hydrogens (tertiary/aromatic N) is 4. The smallest absolute Gasteiger partial charge is 0.147 e. The molecule has 1 aromatic carbocycles. The first-order valence-corrected chi connectivity index (χ1v) is 6.61. The first-order chi connectivity index (χ1) is 9.67. The summed E-state index contributed by atoms with van der Waals surface area (Å²) in [6.07, 6.45) is 0.414. The molecule has 0 N–H and O–H groups in total. The van der Waals surface area contributed by atoms with E-state index in [0.717, 1.165) is 10.9 Å². The molecule has 0 spiro atoms. The molecule has 100 valence electrons. The maximum Gasteiger partial charge on any atom is 0.147 e. The molecule has 0 aliphatic carbocycles. The van der Waals surface area contributed by atoms with Crippen LogP contribution >= 0.6 is 0 Å². The van der Waals surface area contributed by atoms with Crippen LogP contribution in [0.2, 0.25) is 0 Å². The molecule has 4 nitrogen and oxygen atoms in total. The lowest BCUT2D eigenvalue weighted by molar-refractivity contribution is 0.677. The van der Waals surface area contributed by atoms with Gasteiger partial charge in [0.1, 0.15) is 11.9 Å². The van der Waals surface area contributed by atoms with E-state index in [1.54, 1.807) is 0 Å². The van der Waals surface area contributed by atoms with Gasteiger partial charge in [0.05, 0.1) is 23.6 Å². The Balaban J connectivity index is 2.55. The van der Waals surface area contributed by atoms with Gasteiger partial charge in [-0.1, -0.05) is 18.2 Å². The molecule has 1 aromatic heterocycles. The summed E-state index contributed by atoms with van der Waals surface area (Å²) < 4.78 is 0. The van der Waals surface area contributed by atoms with Crippen LogP contribution in [-0.2, 0) is 0 Å². The van der Waals surface area contributed by atoms with Crippen molar-refractivity contribution in [3.63, 3.8) is 0 Å². The normalized spacial score (nSPS) is 10.2. The Morgan fingerprint density at radius 3 is 2.65 bits per heavy atom. The number of pyridine rings is 1. The van der Waals surface area contributed by atoms with Crippen LogP contribution in [-0.4, -0.2) is 17.6 Å². The monoisotopic (exact) mass is 264 g/mol. The Morgan fingerprint density at radius 1 is 1.25 bits per heavy atom. The van der Waals surface area contributed by atoms with Gasteiger partial charge in [0.25, 0.3) is 0 Å². The van der Waals surface area contributed by atoms with Crippen molar-refractivity contribution in [1.29, 1.82) is 10.5 Å². The Labute approximate surface area is 118 Å². The fourth-order valence-corrected chi connectivity index (χ4v) is 2.19. The average molecular weight is 264 g/mol. The zero-order valence-electron chi connectivity index (χ0n) is 11.7. The van der Waals surface area contributed by atoms with Crippen LogP contribution in [0.4, 0.5) is 5.82 Å². The Bertz CT molecular complexity index is 692. The van der Waals surface area contributed by atoms with Gasteiger partial charge in [-0.3, -0.25) is 0 Å². The van der Waals surface area contributed by atoms with Gasteiger partial charge >= 0.3 is 0 Å². The van der Waals surface area contributed by atoms with Crippen LogP contribution in [0.1, 0.15) is 25.8 Å². The molecule has 0 bridgehead atoms. The number of rotatable bonds is 4. The van der Waals surface area contributed by atoms with Gasteiger partial charge in [-0.05, 0) is 26.0 Å². The van der Waals surface area contributed by atoms with Gasteiger partial charge in [-0.2, -0.15) is 10.5 Å². The van der Waals surface area contributed by atoms with E-state index in [0.29, 0.717) is 24.3 Å². The van der Waals surface area contributed by atoms with Crippen LogP contribution in [0.25, 0.3) is 10.9 Å². The summed E-state index contributed by atoms with van der Waals surface area (Å²) in [6.45, 7) is 4.65. The van der Waals surface area contributed by atoms with Crippen LogP contribution in [0.15, 0.2) is 30.3 Å². The zero-order chi connectivity index (χ0) is 14.5. The molecule has 0 radical (unpaired) electrons. The maximum absolute atomic E-state index is 9.35. The molecule has 2 rings (SSSR count). The molecular formula is C16H16N4. The van der Waals surface area contributed by atoms with Crippen molar-refractivity contribution >= 4 is 16.7 Å². The number of aromatic nitrogens is 1. The minimum Gasteiger partial charge on any atom is -0.352 e. The lowest BCUT2D eigenvalue weighted by Crippen LogP contribution is -2.33. The molecule has 0 atom stereocenters. The third-order valence-electron chi connectivity index (χ3n) is 3.18. The van der Waals surface area contributed by atoms with Crippen LogP contribution in [0.5, 0.6) is 0 Å². The summed E-state index contributed by atoms with van der Waals surface area (Å²) in [7, 11) is 0. The van der Waals surface area contributed by atoms with E-state index in [9.17, 15) is 5.26 Å². The minimum atomic E-state index is 0.184. The van der Waals surface area contributed by atoms with E-state index in [2.05, 4.69) is 17.1 Å². The van der Waals surface area contributed by atoms with E-state index in [1.165, 1.54) is 0 Å². The predicted molar refractivity (Wildman–Crippen MR) is 79.2 cm³/mol. The first-order valence-electron chi connectivity index (χ1n) is 6.61. The highest BCUT2D eigenvalue weighted by Gasteiger charge is 2.16. The van der Waals surface area contributed by atoms with Gasteiger partial charge in [0.2, 0.25) is 0 Å². The highest BCUT2D eigenvalue weighted by Crippen LogP contribution is 2.24. The summed E-state index contributed by atoms with van der Waals surface area (Å²) in [5, 5.41) is 19.1. The van der Waals surface area contributed by atoms with Crippen molar-refractivity contribution in [2.45, 2.75) is 26.3 Å². The molecule has 0 aliphatic rings. The lowest BCUT2D eigenvalue weighted by Gasteiger charge is -2.28. The molecule has 0 fully saturated rings. The van der Waals surface area contributed by atoms with E-state index >= 15 is 0 Å². The van der Waals surface area contributed by atoms with Crippen LogP contribution in [0.3, 0.4) is 0 Å². The number of anilines is 1. The van der Waals surface area contributed by atoms with Crippen molar-refractivity contribution in [1.82, 2.24) is 4.98 Å².